The van der Waals surface area contributed by atoms with Crippen molar-refractivity contribution in [3.8, 4) is 5.75 Å². The number of benzene rings is 2. The Kier molecular flexibility index (Phi) is 10.3. The quantitative estimate of drug-likeness (QED) is 0.287. The molecule has 0 unspecified atom stereocenters. The molecule has 2 amide bonds. The lowest BCUT2D eigenvalue weighted by Gasteiger charge is -2.28. The van der Waals surface area contributed by atoms with Crippen molar-refractivity contribution in [2.24, 2.45) is 0 Å². The molecule has 0 saturated carbocycles. The fourth-order valence-electron chi connectivity index (χ4n) is 4.28. The molecule has 0 aliphatic carbocycles. The zero-order chi connectivity index (χ0) is 25.9. The number of nitrogens with one attached hydrogen (secondary N) is 2. The Bertz CT molecular complexity index is 1180. The molecule has 0 atom stereocenters. The van der Waals surface area contributed by atoms with E-state index in [1.807, 2.05) is 12.1 Å². The molecule has 1 aromatic heterocycles. The van der Waals surface area contributed by atoms with Crippen LogP contribution in [0.4, 0.5) is 11.4 Å². The van der Waals surface area contributed by atoms with Gasteiger partial charge in [-0.25, -0.2) is 4.90 Å². The largest absolute Gasteiger partial charge is 0.494 e. The summed E-state index contributed by atoms with van der Waals surface area (Å²) in [6.45, 7) is 3.78. The summed E-state index contributed by atoms with van der Waals surface area (Å²) in [7, 11) is 1.57. The molecule has 3 aromatic rings. The molecule has 0 fully saturated rings. The summed E-state index contributed by atoms with van der Waals surface area (Å²) in [4.78, 5) is 26.4. The van der Waals surface area contributed by atoms with Crippen molar-refractivity contribution in [3.05, 3.63) is 53.4 Å². The number of rotatable bonds is 15. The van der Waals surface area contributed by atoms with Gasteiger partial charge < -0.3 is 24.8 Å². The fraction of sp³-hybridized carbons (Fsp3) is 0.429. The van der Waals surface area contributed by atoms with Crippen LogP contribution in [0.2, 0.25) is 0 Å². The third-order valence-electron chi connectivity index (χ3n) is 6.19. The predicted molar refractivity (Wildman–Crippen MR) is 148 cm³/mol. The number of carbonyl (C=O) groups is 2. The molecule has 1 aliphatic rings. The lowest BCUT2D eigenvalue weighted by atomic mass is 10.0. The normalized spacial score (nSPS) is 13.1. The van der Waals surface area contributed by atoms with Crippen LogP contribution in [-0.4, -0.2) is 65.0 Å². The van der Waals surface area contributed by atoms with Gasteiger partial charge in [-0.15, -0.1) is 11.3 Å². The molecular formula is C28H35N3O5S. The van der Waals surface area contributed by atoms with Gasteiger partial charge in [-0.05, 0) is 61.0 Å². The highest BCUT2D eigenvalue weighted by molar-refractivity contribution is 7.17. The van der Waals surface area contributed by atoms with Gasteiger partial charge in [-0.2, -0.15) is 0 Å². The van der Waals surface area contributed by atoms with E-state index in [-0.39, 0.29) is 18.4 Å². The Morgan fingerprint density at radius 2 is 1.95 bits per heavy atom. The van der Waals surface area contributed by atoms with E-state index in [4.69, 9.17) is 14.2 Å². The molecule has 2 heterocycles. The summed E-state index contributed by atoms with van der Waals surface area (Å²) >= 11 is 1.76. The number of imide groups is 1. The molecule has 0 saturated heterocycles. The number of carbonyl (C=O) groups excluding carboxylic acids is 2. The van der Waals surface area contributed by atoms with Crippen LogP contribution >= 0.6 is 11.3 Å². The van der Waals surface area contributed by atoms with Crippen LogP contribution in [0.3, 0.4) is 0 Å². The maximum Gasteiger partial charge on any atom is 0.259 e. The molecule has 0 radical (unpaired) electrons. The van der Waals surface area contributed by atoms with Crippen molar-refractivity contribution in [1.82, 2.24) is 5.32 Å². The number of amides is 2. The van der Waals surface area contributed by atoms with E-state index < -0.39 is 0 Å². The molecular weight excluding hydrogens is 490 g/mol. The summed E-state index contributed by atoms with van der Waals surface area (Å²) in [5, 5.41) is 10.4. The standard InChI is InChI=1S/C28H35N3O5S/c1-34-16-17-35-20-28(33)31-25-19-22(9-7-21(25)8-10-27(31)32)36-15-3-2-12-29-13-14-30-24-5-4-6-26-23(24)11-18-37-26/h4-7,9,11,18-19,29-30H,2-3,8,10,12-17,20H2,1H3. The topological polar surface area (TPSA) is 89.1 Å². The van der Waals surface area contributed by atoms with Crippen molar-refractivity contribution in [2.75, 3.05) is 63.4 Å². The zero-order valence-corrected chi connectivity index (χ0v) is 22.1. The first kappa shape index (κ1) is 27.1. The molecule has 1 aliphatic heterocycles. The Labute approximate surface area is 221 Å². The average Bonchev–Trinajstić information content (AvgIpc) is 3.40. The first-order valence-electron chi connectivity index (χ1n) is 12.8. The Morgan fingerprint density at radius 3 is 2.84 bits per heavy atom. The molecule has 2 aromatic carbocycles. The van der Waals surface area contributed by atoms with Gasteiger partial charge >= 0.3 is 0 Å². The molecule has 9 heteroatoms. The second-order valence-corrected chi connectivity index (χ2v) is 9.78. The third-order valence-corrected chi connectivity index (χ3v) is 7.07. The van der Waals surface area contributed by atoms with Gasteiger partial charge in [-0.3, -0.25) is 9.59 Å². The maximum absolute atomic E-state index is 12.7. The number of hydrogen-bond donors (Lipinski definition) is 2. The van der Waals surface area contributed by atoms with E-state index in [9.17, 15) is 9.59 Å². The molecule has 4 rings (SSSR count). The van der Waals surface area contributed by atoms with Crippen LogP contribution in [0, 0.1) is 0 Å². The van der Waals surface area contributed by atoms with Gasteiger partial charge in [0.05, 0.1) is 25.5 Å². The van der Waals surface area contributed by atoms with E-state index in [2.05, 4.69) is 40.3 Å². The maximum atomic E-state index is 12.7. The monoisotopic (exact) mass is 525 g/mol. The van der Waals surface area contributed by atoms with Gasteiger partial charge in [0, 0.05) is 48.5 Å². The molecule has 0 bridgehead atoms. The molecule has 0 spiro atoms. The lowest BCUT2D eigenvalue weighted by molar-refractivity contribution is -0.129. The van der Waals surface area contributed by atoms with Gasteiger partial charge in [0.2, 0.25) is 5.91 Å². The van der Waals surface area contributed by atoms with Crippen molar-refractivity contribution < 1.29 is 23.8 Å². The van der Waals surface area contributed by atoms with E-state index in [0.717, 1.165) is 38.0 Å². The summed E-state index contributed by atoms with van der Waals surface area (Å²) in [6, 6.07) is 14.1. The smallest absolute Gasteiger partial charge is 0.259 e. The summed E-state index contributed by atoms with van der Waals surface area (Å²) in [5.74, 6) is 0.0793. The van der Waals surface area contributed by atoms with E-state index >= 15 is 0 Å². The number of aryl methyl sites for hydroxylation is 1. The van der Waals surface area contributed by atoms with Gasteiger partial charge in [-0.1, -0.05) is 12.1 Å². The highest BCUT2D eigenvalue weighted by atomic mass is 32.1. The molecule has 2 N–H and O–H groups in total. The number of thiophene rings is 1. The first-order valence-corrected chi connectivity index (χ1v) is 13.6. The van der Waals surface area contributed by atoms with Crippen LogP contribution in [0.1, 0.15) is 24.8 Å². The van der Waals surface area contributed by atoms with Gasteiger partial charge in [0.25, 0.3) is 5.91 Å². The SMILES string of the molecule is COCCOCC(=O)N1C(=O)CCc2ccc(OCCCCNCCNc3cccc4sccc34)cc21. The van der Waals surface area contributed by atoms with Crippen LogP contribution in [0.25, 0.3) is 10.1 Å². The Hall–Kier alpha value is -2.98. The minimum absolute atomic E-state index is 0.161. The summed E-state index contributed by atoms with van der Waals surface area (Å²) < 4.78 is 17.5. The molecule has 37 heavy (non-hydrogen) atoms. The minimum atomic E-state index is -0.369. The average molecular weight is 526 g/mol. The third kappa shape index (κ3) is 7.52. The number of unbranched alkanes of at least 4 members (excludes halogenated alkanes) is 1. The fourth-order valence-corrected chi connectivity index (χ4v) is 5.09. The van der Waals surface area contributed by atoms with Gasteiger partial charge in [0.15, 0.2) is 0 Å². The molecule has 198 valence electrons. The van der Waals surface area contributed by atoms with Crippen LogP contribution in [0.5, 0.6) is 5.75 Å². The number of fused-ring (bicyclic) bond motifs is 2. The van der Waals surface area contributed by atoms with Crippen LogP contribution in [-0.2, 0) is 25.5 Å². The van der Waals surface area contributed by atoms with Gasteiger partial charge in [0.1, 0.15) is 12.4 Å². The van der Waals surface area contributed by atoms with Crippen LogP contribution in [0.15, 0.2) is 47.8 Å². The lowest BCUT2D eigenvalue weighted by Crippen LogP contribution is -2.42. The van der Waals surface area contributed by atoms with Crippen molar-refractivity contribution in [1.29, 1.82) is 0 Å². The molecule has 8 nitrogen and oxygen atoms in total. The van der Waals surface area contributed by atoms with E-state index in [0.29, 0.717) is 44.1 Å². The van der Waals surface area contributed by atoms with Crippen molar-refractivity contribution in [2.45, 2.75) is 25.7 Å². The van der Waals surface area contributed by atoms with Crippen LogP contribution < -0.4 is 20.3 Å². The Morgan fingerprint density at radius 1 is 1.03 bits per heavy atom. The number of ether oxygens (including phenoxy) is 3. The minimum Gasteiger partial charge on any atom is -0.494 e. The van der Waals surface area contributed by atoms with E-state index in [1.165, 1.54) is 20.7 Å². The first-order chi connectivity index (χ1) is 18.2. The highest BCUT2D eigenvalue weighted by Crippen LogP contribution is 2.32. The second-order valence-electron chi connectivity index (χ2n) is 8.83. The highest BCUT2D eigenvalue weighted by Gasteiger charge is 2.29. The second kappa shape index (κ2) is 14.1. The summed E-state index contributed by atoms with van der Waals surface area (Å²) in [6.07, 6.45) is 2.82. The number of methoxy groups -OCH3 is 1. The number of anilines is 2. The van der Waals surface area contributed by atoms with Crippen molar-refractivity contribution in [3.63, 3.8) is 0 Å². The van der Waals surface area contributed by atoms with E-state index in [1.54, 1.807) is 24.5 Å². The number of hydrogen-bond acceptors (Lipinski definition) is 8. The zero-order valence-electron chi connectivity index (χ0n) is 21.3. The Balaban J connectivity index is 1.15. The summed E-state index contributed by atoms with van der Waals surface area (Å²) in [5.41, 5.74) is 2.74. The number of nitrogens with zero attached hydrogens (tertiary/aromatic N) is 1. The van der Waals surface area contributed by atoms with Crippen molar-refractivity contribution >= 4 is 44.6 Å². The predicted octanol–water partition coefficient (Wildman–Crippen LogP) is 4.23.